The molecule has 1 saturated heterocycles. The molecule has 0 bridgehead atoms. The highest BCUT2D eigenvalue weighted by Crippen LogP contribution is 2.39. The Labute approximate surface area is 157 Å². The third-order valence-corrected chi connectivity index (χ3v) is 5.71. The van der Waals surface area contributed by atoms with E-state index in [1.165, 1.54) is 12.3 Å². The molecule has 1 aliphatic heterocycles. The first-order valence-corrected chi connectivity index (χ1v) is 8.89. The summed E-state index contributed by atoms with van der Waals surface area (Å²) in [7, 11) is 0. The van der Waals surface area contributed by atoms with E-state index in [2.05, 4.69) is 9.88 Å². The Morgan fingerprint density at radius 3 is 2.73 bits per heavy atom. The lowest BCUT2D eigenvalue weighted by Crippen LogP contribution is -2.65. The van der Waals surface area contributed by atoms with E-state index in [9.17, 15) is 9.18 Å². The van der Waals surface area contributed by atoms with Crippen LogP contribution in [0.1, 0.15) is 25.3 Å². The maximum absolute atomic E-state index is 13.6. The summed E-state index contributed by atoms with van der Waals surface area (Å²) in [6, 6.07) is 10.3. The van der Waals surface area contributed by atoms with Gasteiger partial charge in [-0.15, -0.1) is 0 Å². The molecule has 1 aliphatic rings. The fraction of sp³-hybridized carbons (Fsp3) is 0.368. The number of rotatable bonds is 3. The molecule has 26 heavy (non-hydrogen) atoms. The smallest absolute Gasteiger partial charge is 0.315 e. The second-order valence-electron chi connectivity index (χ2n) is 6.85. The quantitative estimate of drug-likeness (QED) is 0.832. The van der Waals surface area contributed by atoms with Gasteiger partial charge >= 0.3 is 6.03 Å². The summed E-state index contributed by atoms with van der Waals surface area (Å²) in [5, 5.41) is 0.651. The second-order valence-corrected chi connectivity index (χ2v) is 7.26. The minimum Gasteiger partial charge on any atom is -0.367 e. The number of pyridine rings is 1. The molecule has 1 aromatic heterocycles. The minimum atomic E-state index is -0.602. The Bertz CT molecular complexity index is 818. The molecule has 1 fully saturated rings. The molecule has 138 valence electrons. The summed E-state index contributed by atoms with van der Waals surface area (Å²) in [4.78, 5) is 19.5. The standard InChI is InChI=1S/C19H22ClFN4O/c1-13(15-5-3-4-6-16(15)20)19(2)12-24(9-10-25(19)18(22)26)14-7-8-23-17(21)11-14/h3-8,11,13H,9-10,12H2,1-2H3,(H2,22,26)/t13-,19?/m1/s1. The van der Waals surface area contributed by atoms with Gasteiger partial charge in [-0.3, -0.25) is 0 Å². The van der Waals surface area contributed by atoms with Crippen LogP contribution in [-0.2, 0) is 0 Å². The summed E-state index contributed by atoms with van der Waals surface area (Å²) in [5.74, 6) is -0.598. The number of hydrogen-bond acceptors (Lipinski definition) is 3. The van der Waals surface area contributed by atoms with Gasteiger partial charge in [0.25, 0.3) is 0 Å². The molecule has 1 aromatic carbocycles. The molecular weight excluding hydrogens is 355 g/mol. The van der Waals surface area contributed by atoms with Gasteiger partial charge in [0.05, 0.1) is 5.54 Å². The van der Waals surface area contributed by atoms with E-state index in [-0.39, 0.29) is 5.92 Å². The maximum Gasteiger partial charge on any atom is 0.315 e. The summed E-state index contributed by atoms with van der Waals surface area (Å²) < 4.78 is 13.6. The molecule has 3 rings (SSSR count). The number of anilines is 1. The molecule has 2 aromatic rings. The normalized spacial score (nSPS) is 21.5. The van der Waals surface area contributed by atoms with Crippen molar-refractivity contribution < 1.29 is 9.18 Å². The van der Waals surface area contributed by atoms with Crippen molar-refractivity contribution in [3.63, 3.8) is 0 Å². The third kappa shape index (κ3) is 3.33. The van der Waals surface area contributed by atoms with Crippen molar-refractivity contribution in [3.8, 4) is 0 Å². The largest absolute Gasteiger partial charge is 0.367 e. The van der Waals surface area contributed by atoms with Crippen molar-refractivity contribution >= 4 is 23.3 Å². The first-order chi connectivity index (χ1) is 12.3. The molecule has 2 amide bonds. The lowest BCUT2D eigenvalue weighted by atomic mass is 9.78. The van der Waals surface area contributed by atoms with Crippen LogP contribution in [0.15, 0.2) is 42.6 Å². The van der Waals surface area contributed by atoms with Crippen LogP contribution >= 0.6 is 11.6 Å². The molecule has 2 heterocycles. The first kappa shape index (κ1) is 18.5. The molecule has 0 aliphatic carbocycles. The van der Waals surface area contributed by atoms with E-state index in [4.69, 9.17) is 17.3 Å². The summed E-state index contributed by atoms with van der Waals surface area (Å²) in [6.07, 6.45) is 1.44. The predicted octanol–water partition coefficient (Wildman–Crippen LogP) is 3.64. The van der Waals surface area contributed by atoms with E-state index < -0.39 is 17.5 Å². The number of nitrogens with zero attached hydrogens (tertiary/aromatic N) is 3. The number of carbonyl (C=O) groups is 1. The summed E-state index contributed by atoms with van der Waals surface area (Å²) in [5.41, 5.74) is 6.75. The zero-order valence-corrected chi connectivity index (χ0v) is 15.6. The fourth-order valence-electron chi connectivity index (χ4n) is 3.73. The zero-order chi connectivity index (χ0) is 18.9. The Morgan fingerprint density at radius 2 is 2.08 bits per heavy atom. The molecule has 0 radical (unpaired) electrons. The van der Waals surface area contributed by atoms with Crippen molar-refractivity contribution in [3.05, 3.63) is 59.1 Å². The number of piperazine rings is 1. The first-order valence-electron chi connectivity index (χ1n) is 8.51. The molecule has 5 nitrogen and oxygen atoms in total. The van der Waals surface area contributed by atoms with Gasteiger partial charge in [0.15, 0.2) is 0 Å². The van der Waals surface area contributed by atoms with Gasteiger partial charge in [0.1, 0.15) is 0 Å². The number of carbonyl (C=O) groups excluding carboxylic acids is 1. The van der Waals surface area contributed by atoms with Crippen LogP contribution < -0.4 is 10.6 Å². The SMILES string of the molecule is C[C@H](c1ccccc1Cl)C1(C)CN(c2ccnc(F)c2)CCN1C(N)=O. The number of hydrogen-bond donors (Lipinski definition) is 1. The molecule has 2 N–H and O–H groups in total. The van der Waals surface area contributed by atoms with Gasteiger partial charge in [0, 0.05) is 48.5 Å². The minimum absolute atomic E-state index is 0.0711. The Balaban J connectivity index is 1.98. The van der Waals surface area contributed by atoms with E-state index in [1.54, 1.807) is 11.0 Å². The number of amides is 2. The van der Waals surface area contributed by atoms with E-state index in [0.717, 1.165) is 11.3 Å². The molecule has 1 unspecified atom stereocenters. The number of primary amides is 1. The lowest BCUT2D eigenvalue weighted by Gasteiger charge is -2.52. The van der Waals surface area contributed by atoms with Gasteiger partial charge in [-0.2, -0.15) is 4.39 Å². The molecule has 0 saturated carbocycles. The zero-order valence-electron chi connectivity index (χ0n) is 14.8. The highest BCUT2D eigenvalue weighted by molar-refractivity contribution is 6.31. The van der Waals surface area contributed by atoms with Gasteiger partial charge in [-0.05, 0) is 24.6 Å². The summed E-state index contributed by atoms with van der Waals surface area (Å²) in [6.45, 7) is 5.55. The topological polar surface area (TPSA) is 62.5 Å². The third-order valence-electron chi connectivity index (χ3n) is 5.37. The predicted molar refractivity (Wildman–Crippen MR) is 101 cm³/mol. The number of halogens is 2. The maximum atomic E-state index is 13.6. The van der Waals surface area contributed by atoms with Gasteiger partial charge < -0.3 is 15.5 Å². The van der Waals surface area contributed by atoms with Crippen LogP contribution in [0.2, 0.25) is 5.02 Å². The number of urea groups is 1. The van der Waals surface area contributed by atoms with Gasteiger partial charge in [-0.1, -0.05) is 36.7 Å². The fourth-order valence-corrected chi connectivity index (χ4v) is 4.03. The van der Waals surface area contributed by atoms with Crippen molar-refractivity contribution in [1.82, 2.24) is 9.88 Å². The van der Waals surface area contributed by atoms with Crippen LogP contribution in [0.5, 0.6) is 0 Å². The average molecular weight is 377 g/mol. The van der Waals surface area contributed by atoms with Crippen molar-refractivity contribution in [1.29, 1.82) is 0 Å². The van der Waals surface area contributed by atoms with Crippen LogP contribution in [0.25, 0.3) is 0 Å². The van der Waals surface area contributed by atoms with E-state index >= 15 is 0 Å². The molecule has 0 spiro atoms. The highest BCUT2D eigenvalue weighted by atomic mass is 35.5. The number of nitrogens with two attached hydrogens (primary N) is 1. The van der Waals surface area contributed by atoms with Crippen LogP contribution in [0.3, 0.4) is 0 Å². The lowest BCUT2D eigenvalue weighted by molar-refractivity contribution is 0.0999. The molecule has 2 atom stereocenters. The van der Waals surface area contributed by atoms with Crippen molar-refractivity contribution in [2.75, 3.05) is 24.5 Å². The second kappa shape index (κ2) is 7.11. The van der Waals surface area contributed by atoms with Gasteiger partial charge in [-0.25, -0.2) is 9.78 Å². The number of aromatic nitrogens is 1. The van der Waals surface area contributed by atoms with Crippen LogP contribution in [-0.4, -0.2) is 41.1 Å². The van der Waals surface area contributed by atoms with Crippen LogP contribution in [0, 0.1) is 5.95 Å². The summed E-state index contributed by atoms with van der Waals surface area (Å²) >= 11 is 6.40. The molecule has 7 heteroatoms. The van der Waals surface area contributed by atoms with E-state index in [1.807, 2.05) is 38.1 Å². The Kier molecular flexibility index (Phi) is 5.05. The Morgan fingerprint density at radius 1 is 1.35 bits per heavy atom. The van der Waals surface area contributed by atoms with Crippen LogP contribution in [0.4, 0.5) is 14.9 Å². The van der Waals surface area contributed by atoms with E-state index in [0.29, 0.717) is 24.7 Å². The number of benzene rings is 1. The van der Waals surface area contributed by atoms with Crippen molar-refractivity contribution in [2.45, 2.75) is 25.3 Å². The average Bonchev–Trinajstić information content (AvgIpc) is 2.61. The monoisotopic (exact) mass is 376 g/mol. The van der Waals surface area contributed by atoms with Gasteiger partial charge in [0.2, 0.25) is 5.95 Å². The molecular formula is C19H22ClFN4O. The van der Waals surface area contributed by atoms with Crippen molar-refractivity contribution in [2.24, 2.45) is 5.73 Å². The Hall–Kier alpha value is -2.34. The highest BCUT2D eigenvalue weighted by Gasteiger charge is 2.45.